The van der Waals surface area contributed by atoms with Crippen LogP contribution in [0.15, 0.2) is 85.3 Å². The predicted molar refractivity (Wildman–Crippen MR) is 142 cm³/mol. The van der Waals surface area contributed by atoms with Gasteiger partial charge in [0.1, 0.15) is 0 Å². The molecule has 1 unspecified atom stereocenters. The highest BCUT2D eigenvalue weighted by Gasteiger charge is 2.24. The maximum Gasteiger partial charge on any atom is 0.186 e. The van der Waals surface area contributed by atoms with E-state index in [2.05, 4.69) is 21.5 Å². The molecule has 0 radical (unpaired) electrons. The van der Waals surface area contributed by atoms with Crippen molar-refractivity contribution < 1.29 is 4.79 Å². The molecule has 3 aromatic carbocycles. The molecule has 0 aliphatic rings. The topological polar surface area (TPSA) is 86.5 Å². The highest BCUT2D eigenvalue weighted by atomic mass is 35.5. The summed E-state index contributed by atoms with van der Waals surface area (Å²) >= 11 is 6.35. The number of H-pyrrole nitrogens is 1. The van der Waals surface area contributed by atoms with Crippen molar-refractivity contribution in [2.45, 2.75) is 12.5 Å². The van der Waals surface area contributed by atoms with E-state index in [4.69, 9.17) is 16.9 Å². The second-order valence-electron chi connectivity index (χ2n) is 8.70. The number of halogens is 1. The molecule has 6 nitrogen and oxygen atoms in total. The highest BCUT2D eigenvalue weighted by molar-refractivity contribution is 6.31. The van der Waals surface area contributed by atoms with Crippen LogP contribution in [0.2, 0.25) is 5.02 Å². The van der Waals surface area contributed by atoms with Crippen LogP contribution >= 0.6 is 11.6 Å². The van der Waals surface area contributed by atoms with Crippen LogP contribution in [0.5, 0.6) is 0 Å². The molecule has 2 heterocycles. The van der Waals surface area contributed by atoms with Crippen molar-refractivity contribution in [3.05, 3.63) is 113 Å². The number of nitrogens with one attached hydrogen (secondary N) is 2. The Bertz CT molecular complexity index is 1580. The lowest BCUT2D eigenvalue weighted by Crippen LogP contribution is -2.30. The zero-order chi connectivity index (χ0) is 25.1. The van der Waals surface area contributed by atoms with E-state index >= 15 is 0 Å². The van der Waals surface area contributed by atoms with E-state index in [0.29, 0.717) is 29.1 Å². The minimum Gasteiger partial charge on any atom is -0.360 e. The Morgan fingerprint density at radius 2 is 1.97 bits per heavy atom. The van der Waals surface area contributed by atoms with Gasteiger partial charge in [-0.25, -0.2) is 0 Å². The fraction of sp³-hybridized carbons (Fsp3) is 0.138. The number of aromatic amines is 1. The fourth-order valence-corrected chi connectivity index (χ4v) is 4.69. The molecular weight excluding hydrogens is 470 g/mol. The third-order valence-electron chi connectivity index (χ3n) is 6.31. The predicted octanol–water partition coefficient (Wildman–Crippen LogP) is 5.85. The average molecular weight is 494 g/mol. The van der Waals surface area contributed by atoms with Gasteiger partial charge in [0.25, 0.3) is 0 Å². The van der Waals surface area contributed by atoms with E-state index in [1.165, 1.54) is 0 Å². The normalized spacial score (nSPS) is 11.9. The van der Waals surface area contributed by atoms with E-state index in [0.717, 1.165) is 33.2 Å². The van der Waals surface area contributed by atoms with E-state index in [1.54, 1.807) is 23.0 Å². The van der Waals surface area contributed by atoms with Crippen molar-refractivity contribution in [3.8, 4) is 17.2 Å². The Balaban J connectivity index is 1.40. The first-order valence-electron chi connectivity index (χ1n) is 11.6. The van der Waals surface area contributed by atoms with Crippen LogP contribution in [-0.2, 0) is 13.5 Å². The standard InChI is InChI=1S/C29H24ClN5O/c1-35-18-23(16-34-35)22-9-10-24-25(17-33-27(24)14-22)29(36)28(21-5-3-2-4-6-21)32-12-11-20-8-7-19(15-31)13-26(20)30/h2-10,13-14,16-18,28,32-33H,11-12H2,1H3. The first-order chi connectivity index (χ1) is 17.5. The number of ketones is 1. The van der Waals surface area contributed by atoms with Gasteiger partial charge in [0, 0.05) is 53.0 Å². The second-order valence-corrected chi connectivity index (χ2v) is 9.10. The van der Waals surface area contributed by atoms with Gasteiger partial charge in [-0.3, -0.25) is 9.48 Å². The molecule has 0 spiro atoms. The lowest BCUT2D eigenvalue weighted by Gasteiger charge is -2.18. The number of nitriles is 1. The number of aromatic nitrogens is 3. The van der Waals surface area contributed by atoms with Gasteiger partial charge in [0.05, 0.1) is 23.9 Å². The minimum absolute atomic E-state index is 0.00694. The van der Waals surface area contributed by atoms with Gasteiger partial charge in [0.15, 0.2) is 5.78 Å². The summed E-state index contributed by atoms with van der Waals surface area (Å²) in [5.41, 5.74) is 5.95. The zero-order valence-electron chi connectivity index (χ0n) is 19.7. The van der Waals surface area contributed by atoms with E-state index < -0.39 is 6.04 Å². The van der Waals surface area contributed by atoms with Gasteiger partial charge >= 0.3 is 0 Å². The number of nitrogens with zero attached hydrogens (tertiary/aromatic N) is 3. The van der Waals surface area contributed by atoms with Crippen molar-refractivity contribution in [2.24, 2.45) is 7.05 Å². The number of hydrogen-bond acceptors (Lipinski definition) is 4. The van der Waals surface area contributed by atoms with Crippen LogP contribution < -0.4 is 5.32 Å². The maximum atomic E-state index is 13.8. The molecule has 2 aromatic heterocycles. The van der Waals surface area contributed by atoms with Crippen LogP contribution in [0.3, 0.4) is 0 Å². The Morgan fingerprint density at radius 1 is 1.14 bits per heavy atom. The summed E-state index contributed by atoms with van der Waals surface area (Å²) in [6.45, 7) is 0.546. The molecule has 5 aromatic rings. The van der Waals surface area contributed by atoms with Gasteiger partial charge in [-0.1, -0.05) is 60.1 Å². The highest BCUT2D eigenvalue weighted by Crippen LogP contribution is 2.29. The Kier molecular flexibility index (Phi) is 6.68. The van der Waals surface area contributed by atoms with Gasteiger partial charge in [-0.2, -0.15) is 10.4 Å². The van der Waals surface area contributed by atoms with Crippen LogP contribution in [0.1, 0.15) is 33.1 Å². The summed E-state index contributed by atoms with van der Waals surface area (Å²) in [5, 5.41) is 18.2. The maximum absolute atomic E-state index is 13.8. The molecule has 1 atom stereocenters. The van der Waals surface area contributed by atoms with E-state index in [1.807, 2.05) is 74.0 Å². The van der Waals surface area contributed by atoms with Crippen LogP contribution in [0.4, 0.5) is 0 Å². The minimum atomic E-state index is -0.514. The summed E-state index contributed by atoms with van der Waals surface area (Å²) in [6.07, 6.45) is 6.20. The summed E-state index contributed by atoms with van der Waals surface area (Å²) in [7, 11) is 1.89. The summed E-state index contributed by atoms with van der Waals surface area (Å²) < 4.78 is 1.77. The van der Waals surface area contributed by atoms with Crippen molar-refractivity contribution >= 4 is 28.3 Å². The van der Waals surface area contributed by atoms with Crippen molar-refractivity contribution in [1.29, 1.82) is 5.26 Å². The quantitative estimate of drug-likeness (QED) is 0.265. The summed E-state index contributed by atoms with van der Waals surface area (Å²) in [4.78, 5) is 17.1. The summed E-state index contributed by atoms with van der Waals surface area (Å²) in [6, 6.07) is 22.6. The third-order valence-corrected chi connectivity index (χ3v) is 6.66. The van der Waals surface area contributed by atoms with Crippen LogP contribution in [0, 0.1) is 11.3 Å². The zero-order valence-corrected chi connectivity index (χ0v) is 20.5. The molecule has 0 aliphatic carbocycles. The van der Waals surface area contributed by atoms with Crippen molar-refractivity contribution in [1.82, 2.24) is 20.1 Å². The van der Waals surface area contributed by atoms with Crippen molar-refractivity contribution in [2.75, 3.05) is 6.54 Å². The smallest absolute Gasteiger partial charge is 0.186 e. The van der Waals surface area contributed by atoms with Gasteiger partial charge in [-0.15, -0.1) is 0 Å². The molecule has 0 aliphatic heterocycles. The average Bonchev–Trinajstić information content (AvgIpc) is 3.53. The summed E-state index contributed by atoms with van der Waals surface area (Å²) in [5.74, 6) is -0.00694. The lowest BCUT2D eigenvalue weighted by molar-refractivity contribution is 0.0945. The first kappa shape index (κ1) is 23.6. The molecule has 178 valence electrons. The Morgan fingerprint density at radius 3 is 2.69 bits per heavy atom. The lowest BCUT2D eigenvalue weighted by atomic mass is 9.96. The molecule has 0 bridgehead atoms. The van der Waals surface area contributed by atoms with E-state index in [9.17, 15) is 4.79 Å². The van der Waals surface area contributed by atoms with Gasteiger partial charge < -0.3 is 10.3 Å². The fourth-order valence-electron chi connectivity index (χ4n) is 4.41. The monoisotopic (exact) mass is 493 g/mol. The molecule has 0 saturated carbocycles. The van der Waals surface area contributed by atoms with Gasteiger partial charge in [-0.05, 0) is 41.3 Å². The molecule has 7 heteroatoms. The largest absolute Gasteiger partial charge is 0.360 e. The number of aryl methyl sites for hydroxylation is 1. The van der Waals surface area contributed by atoms with Crippen molar-refractivity contribution in [3.63, 3.8) is 0 Å². The molecule has 36 heavy (non-hydrogen) atoms. The van der Waals surface area contributed by atoms with Crippen LogP contribution in [-0.4, -0.2) is 27.1 Å². The number of benzene rings is 3. The third kappa shape index (κ3) is 4.80. The molecule has 2 N–H and O–H groups in total. The second kappa shape index (κ2) is 10.2. The van der Waals surface area contributed by atoms with E-state index in [-0.39, 0.29) is 5.78 Å². The Hall–Kier alpha value is -4.18. The molecule has 5 rings (SSSR count). The first-order valence-corrected chi connectivity index (χ1v) is 12.0. The number of hydrogen-bond donors (Lipinski definition) is 2. The van der Waals surface area contributed by atoms with Crippen LogP contribution in [0.25, 0.3) is 22.0 Å². The Labute approximate surface area is 214 Å². The number of rotatable bonds is 8. The SMILES string of the molecule is Cn1cc(-c2ccc3c(C(=O)C(NCCc4ccc(C#N)cc4Cl)c4ccccc4)c[nH]c3c2)cn1. The molecule has 0 fully saturated rings. The number of carbonyl (C=O) groups is 1. The number of carbonyl (C=O) groups excluding carboxylic acids is 1. The molecule has 0 amide bonds. The molecule has 0 saturated heterocycles. The van der Waals surface area contributed by atoms with Gasteiger partial charge in [0.2, 0.25) is 0 Å². The number of Topliss-reactive ketones (excluding diaryl/α,β-unsaturated/α-hetero) is 1. The number of fused-ring (bicyclic) bond motifs is 1. The molecular formula is C29H24ClN5O.